The predicted molar refractivity (Wildman–Crippen MR) is 112 cm³/mol. The molecule has 1 aromatic carbocycles. The number of urea groups is 1. The topological polar surface area (TPSA) is 62.3 Å². The number of thiazole rings is 1. The van der Waals surface area contributed by atoms with E-state index in [2.05, 4.69) is 17.2 Å². The number of nitrogens with one attached hydrogen (secondary N) is 1. The summed E-state index contributed by atoms with van der Waals surface area (Å²) in [4.78, 5) is 31.5. The molecule has 0 aliphatic carbocycles. The quantitative estimate of drug-likeness (QED) is 0.593. The number of carbonyl (C=O) groups is 2. The Morgan fingerprint density at radius 2 is 1.93 bits per heavy atom. The number of aryl methyl sites for hydroxylation is 1. The van der Waals surface area contributed by atoms with Crippen LogP contribution in [0, 0.1) is 0 Å². The van der Waals surface area contributed by atoms with Crippen molar-refractivity contribution in [3.05, 3.63) is 63.3 Å². The zero-order valence-corrected chi connectivity index (χ0v) is 17.4. The Morgan fingerprint density at radius 1 is 1.14 bits per heavy atom. The van der Waals surface area contributed by atoms with Crippen LogP contribution in [0.4, 0.5) is 4.79 Å². The summed E-state index contributed by atoms with van der Waals surface area (Å²) in [5.41, 5.74) is 2.76. The van der Waals surface area contributed by atoms with Crippen LogP contribution in [-0.2, 0) is 23.3 Å². The van der Waals surface area contributed by atoms with E-state index in [1.807, 2.05) is 46.5 Å². The van der Waals surface area contributed by atoms with E-state index in [4.69, 9.17) is 0 Å². The summed E-state index contributed by atoms with van der Waals surface area (Å²) in [5.74, 6) is -0.245. The van der Waals surface area contributed by atoms with Crippen molar-refractivity contribution in [2.24, 2.45) is 0 Å². The van der Waals surface area contributed by atoms with Crippen molar-refractivity contribution in [3.8, 4) is 10.6 Å². The number of aromatic nitrogens is 1. The highest BCUT2D eigenvalue weighted by Gasteiger charge is 2.49. The smallest absolute Gasteiger partial charge is 0.319 e. The SMILES string of the molecule is CCCc1ccc(C2(C)NC(=O)N(Cc3csc(-c4ccsc4)n3)C2=O)cc1. The maximum absolute atomic E-state index is 13.1. The first kappa shape index (κ1) is 18.8. The molecule has 144 valence electrons. The second kappa shape index (κ2) is 7.48. The van der Waals surface area contributed by atoms with Crippen molar-refractivity contribution in [1.82, 2.24) is 15.2 Å². The summed E-state index contributed by atoms with van der Waals surface area (Å²) < 4.78 is 0. The van der Waals surface area contributed by atoms with Gasteiger partial charge in [0.05, 0.1) is 12.2 Å². The zero-order chi connectivity index (χ0) is 19.7. The maximum Gasteiger partial charge on any atom is 0.325 e. The Kier molecular flexibility index (Phi) is 5.03. The Bertz CT molecular complexity index is 995. The van der Waals surface area contributed by atoms with Crippen LogP contribution in [0.1, 0.15) is 37.1 Å². The van der Waals surface area contributed by atoms with Crippen molar-refractivity contribution >= 4 is 34.6 Å². The molecule has 1 aliphatic heterocycles. The van der Waals surface area contributed by atoms with Gasteiger partial charge in [0.25, 0.3) is 5.91 Å². The van der Waals surface area contributed by atoms with Crippen molar-refractivity contribution in [2.45, 2.75) is 38.8 Å². The molecule has 1 saturated heterocycles. The number of hydrogen-bond acceptors (Lipinski definition) is 5. The Balaban J connectivity index is 1.53. The van der Waals surface area contributed by atoms with E-state index in [0.717, 1.165) is 34.7 Å². The maximum atomic E-state index is 13.1. The summed E-state index contributed by atoms with van der Waals surface area (Å²) in [5, 5.41) is 9.72. The van der Waals surface area contributed by atoms with Gasteiger partial charge in [-0.3, -0.25) is 9.69 Å². The van der Waals surface area contributed by atoms with Crippen molar-refractivity contribution in [3.63, 3.8) is 0 Å². The molecule has 5 nitrogen and oxygen atoms in total. The van der Waals surface area contributed by atoms with Gasteiger partial charge >= 0.3 is 6.03 Å². The molecule has 7 heteroatoms. The lowest BCUT2D eigenvalue weighted by atomic mass is 9.91. The van der Waals surface area contributed by atoms with Gasteiger partial charge in [-0.15, -0.1) is 11.3 Å². The van der Waals surface area contributed by atoms with Gasteiger partial charge in [0.2, 0.25) is 0 Å². The molecule has 0 bridgehead atoms. The Hall–Kier alpha value is -2.51. The molecular formula is C21H21N3O2S2. The third-order valence-corrected chi connectivity index (χ3v) is 6.61. The van der Waals surface area contributed by atoms with Gasteiger partial charge in [-0.1, -0.05) is 37.6 Å². The number of nitrogens with zero attached hydrogens (tertiary/aromatic N) is 2. The molecule has 0 radical (unpaired) electrons. The summed E-state index contributed by atoms with van der Waals surface area (Å²) in [6, 6.07) is 9.56. The van der Waals surface area contributed by atoms with Crippen LogP contribution in [0.3, 0.4) is 0 Å². The van der Waals surface area contributed by atoms with E-state index >= 15 is 0 Å². The van der Waals surface area contributed by atoms with Gasteiger partial charge in [0.15, 0.2) is 0 Å². The molecule has 28 heavy (non-hydrogen) atoms. The molecular weight excluding hydrogens is 390 g/mol. The molecule has 1 fully saturated rings. The lowest BCUT2D eigenvalue weighted by Gasteiger charge is -2.22. The highest BCUT2D eigenvalue weighted by Crippen LogP contribution is 2.31. The largest absolute Gasteiger partial charge is 0.325 e. The minimum absolute atomic E-state index is 0.175. The van der Waals surface area contributed by atoms with Crippen molar-refractivity contribution in [2.75, 3.05) is 0 Å². The summed E-state index contributed by atoms with van der Waals surface area (Å²) in [6.45, 7) is 4.07. The van der Waals surface area contributed by atoms with E-state index < -0.39 is 5.54 Å². The molecule has 1 atom stereocenters. The number of carbonyl (C=O) groups excluding carboxylic acids is 2. The van der Waals surface area contributed by atoms with Crippen LogP contribution in [0.5, 0.6) is 0 Å². The first-order valence-corrected chi connectivity index (χ1v) is 11.0. The first-order chi connectivity index (χ1) is 13.5. The molecule has 0 saturated carbocycles. The highest BCUT2D eigenvalue weighted by molar-refractivity contribution is 7.14. The Morgan fingerprint density at radius 3 is 2.61 bits per heavy atom. The molecule has 1 unspecified atom stereocenters. The van der Waals surface area contributed by atoms with Crippen LogP contribution in [-0.4, -0.2) is 21.8 Å². The van der Waals surface area contributed by atoms with Gasteiger partial charge in [-0.2, -0.15) is 11.3 Å². The zero-order valence-electron chi connectivity index (χ0n) is 15.8. The summed E-state index contributed by atoms with van der Waals surface area (Å²) in [6.07, 6.45) is 2.07. The van der Waals surface area contributed by atoms with E-state index in [-0.39, 0.29) is 18.5 Å². The predicted octanol–water partition coefficient (Wildman–Crippen LogP) is 4.79. The highest BCUT2D eigenvalue weighted by atomic mass is 32.1. The molecule has 3 heterocycles. The molecule has 2 aromatic heterocycles. The number of rotatable bonds is 6. The third kappa shape index (κ3) is 3.36. The van der Waals surface area contributed by atoms with Crippen molar-refractivity contribution in [1.29, 1.82) is 0 Å². The number of amides is 3. The lowest BCUT2D eigenvalue weighted by molar-refractivity contribution is -0.131. The van der Waals surface area contributed by atoms with Crippen LogP contribution in [0.2, 0.25) is 0 Å². The first-order valence-electron chi connectivity index (χ1n) is 9.22. The molecule has 3 aromatic rings. The molecule has 0 spiro atoms. The summed E-state index contributed by atoms with van der Waals surface area (Å²) >= 11 is 3.14. The standard InChI is InChI=1S/C21H21N3O2S2/c1-3-4-14-5-7-16(8-6-14)21(2)19(25)24(20(26)23-21)11-17-13-28-18(22-17)15-9-10-27-12-15/h5-10,12-13H,3-4,11H2,1-2H3,(H,23,26). The number of hydrogen-bond donors (Lipinski definition) is 1. The molecule has 4 rings (SSSR count). The fraction of sp³-hybridized carbons (Fsp3) is 0.286. The van der Waals surface area contributed by atoms with Crippen LogP contribution < -0.4 is 5.32 Å². The van der Waals surface area contributed by atoms with Crippen LogP contribution in [0.15, 0.2) is 46.5 Å². The normalized spacial score (nSPS) is 19.3. The lowest BCUT2D eigenvalue weighted by Crippen LogP contribution is -2.40. The van der Waals surface area contributed by atoms with Crippen LogP contribution >= 0.6 is 22.7 Å². The molecule has 1 N–H and O–H groups in total. The van der Waals surface area contributed by atoms with Gasteiger partial charge in [-0.05, 0) is 35.9 Å². The number of thiophene rings is 1. The van der Waals surface area contributed by atoms with Gasteiger partial charge in [-0.25, -0.2) is 9.78 Å². The fourth-order valence-corrected chi connectivity index (χ4v) is 4.91. The monoisotopic (exact) mass is 411 g/mol. The van der Waals surface area contributed by atoms with Gasteiger partial charge in [0, 0.05) is 16.3 Å². The molecule has 3 amide bonds. The van der Waals surface area contributed by atoms with E-state index in [1.165, 1.54) is 21.8 Å². The second-order valence-electron chi connectivity index (χ2n) is 7.05. The average Bonchev–Trinajstić information content (AvgIpc) is 3.41. The van der Waals surface area contributed by atoms with E-state index in [1.54, 1.807) is 18.3 Å². The minimum Gasteiger partial charge on any atom is -0.319 e. The molecule has 1 aliphatic rings. The fourth-order valence-electron chi connectivity index (χ4n) is 3.39. The van der Waals surface area contributed by atoms with Gasteiger partial charge in [0.1, 0.15) is 10.5 Å². The van der Waals surface area contributed by atoms with E-state index in [0.29, 0.717) is 0 Å². The third-order valence-electron chi connectivity index (χ3n) is 4.98. The van der Waals surface area contributed by atoms with Crippen LogP contribution in [0.25, 0.3) is 10.6 Å². The van der Waals surface area contributed by atoms with Gasteiger partial charge < -0.3 is 5.32 Å². The average molecular weight is 412 g/mol. The number of benzene rings is 1. The van der Waals surface area contributed by atoms with Crippen molar-refractivity contribution < 1.29 is 9.59 Å². The minimum atomic E-state index is -1.05. The second-order valence-corrected chi connectivity index (χ2v) is 8.69. The Labute approximate surface area is 172 Å². The summed E-state index contributed by atoms with van der Waals surface area (Å²) in [7, 11) is 0. The van der Waals surface area contributed by atoms with E-state index in [9.17, 15) is 9.59 Å². The number of imide groups is 1.